The van der Waals surface area contributed by atoms with Crippen LogP contribution in [-0.2, 0) is 4.79 Å². The lowest BCUT2D eigenvalue weighted by Gasteiger charge is -2.33. The Kier molecular flexibility index (Phi) is 4.79. The number of thioether (sulfide) groups is 1. The topological polar surface area (TPSA) is 51.0 Å². The Morgan fingerprint density at radius 2 is 1.96 bits per heavy atom. The highest BCUT2D eigenvalue weighted by molar-refractivity contribution is 7.99. The second-order valence-corrected chi connectivity index (χ2v) is 7.95. The monoisotopic (exact) mass is 356 g/mol. The molecule has 1 saturated carbocycles. The number of piperidine rings is 1. The highest BCUT2D eigenvalue weighted by atomic mass is 32.2. The molecular weight excluding hydrogens is 332 g/mol. The predicted molar refractivity (Wildman–Crippen MR) is 99.1 cm³/mol. The minimum absolute atomic E-state index is 0.216. The number of likely N-dealkylation sites (tertiary alicyclic amines) is 1. The Hall–Kier alpha value is -1.82. The number of carbonyl (C=O) groups excluding carboxylic acids is 1. The molecule has 2 aromatic rings. The lowest BCUT2D eigenvalue weighted by Crippen LogP contribution is -2.42. The van der Waals surface area contributed by atoms with Gasteiger partial charge in [0.1, 0.15) is 5.82 Å². The van der Waals surface area contributed by atoms with E-state index in [0.717, 1.165) is 36.1 Å². The zero-order valence-electron chi connectivity index (χ0n) is 14.6. The minimum Gasteiger partial charge on any atom is -0.339 e. The van der Waals surface area contributed by atoms with E-state index in [2.05, 4.69) is 33.8 Å². The van der Waals surface area contributed by atoms with E-state index in [0.29, 0.717) is 17.7 Å². The van der Waals surface area contributed by atoms with Crippen LogP contribution in [0.4, 0.5) is 0 Å². The van der Waals surface area contributed by atoms with Gasteiger partial charge in [-0.3, -0.25) is 9.36 Å². The van der Waals surface area contributed by atoms with Crippen LogP contribution in [0.1, 0.15) is 50.8 Å². The van der Waals surface area contributed by atoms with Crippen LogP contribution in [0.25, 0.3) is 5.69 Å². The molecule has 1 aliphatic carbocycles. The summed E-state index contributed by atoms with van der Waals surface area (Å²) in [4.78, 5) is 14.7. The average Bonchev–Trinajstić information content (AvgIpc) is 3.40. The molecule has 2 heterocycles. The summed E-state index contributed by atoms with van der Waals surface area (Å²) in [5.74, 6) is 2.19. The molecule has 1 amide bonds. The van der Waals surface area contributed by atoms with Crippen molar-refractivity contribution in [3.05, 3.63) is 36.2 Å². The van der Waals surface area contributed by atoms with Crippen LogP contribution in [-0.4, -0.2) is 43.9 Å². The summed E-state index contributed by atoms with van der Waals surface area (Å²) in [6.45, 7) is 3.04. The maximum atomic E-state index is 12.6. The average molecular weight is 356 g/mol. The molecule has 0 unspecified atom stereocenters. The van der Waals surface area contributed by atoms with Crippen LogP contribution in [0.3, 0.4) is 0 Å². The number of benzene rings is 1. The van der Waals surface area contributed by atoms with Crippen molar-refractivity contribution in [1.29, 1.82) is 0 Å². The Bertz CT molecular complexity index is 741. The van der Waals surface area contributed by atoms with Gasteiger partial charge in [0.15, 0.2) is 5.16 Å². The van der Waals surface area contributed by atoms with Crippen LogP contribution in [0.2, 0.25) is 0 Å². The summed E-state index contributed by atoms with van der Waals surface area (Å²) in [6.07, 6.45) is 5.82. The van der Waals surface area contributed by atoms with Crippen LogP contribution >= 0.6 is 11.8 Å². The minimum atomic E-state index is 0.216. The van der Waals surface area contributed by atoms with Crippen LogP contribution in [0, 0.1) is 0 Å². The molecule has 25 heavy (non-hydrogen) atoms. The first-order valence-corrected chi connectivity index (χ1v) is 10.2. The lowest BCUT2D eigenvalue weighted by atomic mass is 10.0. The molecule has 132 valence electrons. The molecule has 1 aromatic carbocycles. The maximum Gasteiger partial charge on any atom is 0.233 e. The number of hydrogen-bond acceptors (Lipinski definition) is 4. The van der Waals surface area contributed by atoms with E-state index in [9.17, 15) is 4.79 Å². The van der Waals surface area contributed by atoms with Gasteiger partial charge >= 0.3 is 0 Å². The first kappa shape index (κ1) is 16.6. The summed E-state index contributed by atoms with van der Waals surface area (Å²) in [5, 5.41) is 9.65. The Morgan fingerprint density at radius 3 is 2.68 bits per heavy atom. The summed E-state index contributed by atoms with van der Waals surface area (Å²) in [5.41, 5.74) is 1.08. The van der Waals surface area contributed by atoms with E-state index >= 15 is 0 Å². The van der Waals surface area contributed by atoms with E-state index in [-0.39, 0.29) is 5.91 Å². The normalized spacial score (nSPS) is 20.7. The number of nitrogens with zero attached hydrogens (tertiary/aromatic N) is 4. The van der Waals surface area contributed by atoms with Gasteiger partial charge in [0, 0.05) is 24.2 Å². The molecule has 1 atom stereocenters. The highest BCUT2D eigenvalue weighted by Crippen LogP contribution is 2.41. The lowest BCUT2D eigenvalue weighted by molar-refractivity contribution is -0.131. The third kappa shape index (κ3) is 3.59. The quantitative estimate of drug-likeness (QED) is 0.768. The van der Waals surface area contributed by atoms with E-state index in [1.807, 2.05) is 23.1 Å². The molecule has 1 aliphatic heterocycles. The second-order valence-electron chi connectivity index (χ2n) is 7.01. The second kappa shape index (κ2) is 7.20. The molecule has 1 aromatic heterocycles. The Morgan fingerprint density at radius 1 is 1.16 bits per heavy atom. The molecule has 2 aliphatic rings. The maximum absolute atomic E-state index is 12.6. The number of carbonyl (C=O) groups is 1. The van der Waals surface area contributed by atoms with Crippen molar-refractivity contribution in [3.8, 4) is 5.69 Å². The van der Waals surface area contributed by atoms with Gasteiger partial charge in [-0.1, -0.05) is 30.0 Å². The number of rotatable bonds is 5. The molecule has 0 spiro atoms. The summed E-state index contributed by atoms with van der Waals surface area (Å²) in [6, 6.07) is 10.6. The first-order valence-electron chi connectivity index (χ1n) is 9.17. The van der Waals surface area contributed by atoms with Crippen molar-refractivity contribution in [1.82, 2.24) is 19.7 Å². The van der Waals surface area contributed by atoms with Crippen molar-refractivity contribution >= 4 is 17.7 Å². The van der Waals surface area contributed by atoms with Gasteiger partial charge in [-0.2, -0.15) is 0 Å². The highest BCUT2D eigenvalue weighted by Gasteiger charge is 2.31. The first-order chi connectivity index (χ1) is 12.2. The largest absolute Gasteiger partial charge is 0.339 e. The molecule has 4 rings (SSSR count). The van der Waals surface area contributed by atoms with Crippen molar-refractivity contribution < 1.29 is 4.79 Å². The standard InChI is InChI=1S/C19H24N4OS/c1-14-7-5-6-12-22(14)17(24)13-25-19-21-20-18(15-10-11-15)23(19)16-8-3-2-4-9-16/h2-4,8-9,14-15H,5-7,10-13H2,1H3/t14-/m1/s1. The molecule has 6 heteroatoms. The van der Waals surface area contributed by atoms with Gasteiger partial charge in [-0.15, -0.1) is 10.2 Å². The summed E-state index contributed by atoms with van der Waals surface area (Å²) >= 11 is 1.51. The molecule has 2 fully saturated rings. The molecule has 5 nitrogen and oxygen atoms in total. The molecule has 0 N–H and O–H groups in total. The third-order valence-corrected chi connectivity index (χ3v) is 5.98. The van der Waals surface area contributed by atoms with Gasteiger partial charge < -0.3 is 4.90 Å². The number of aromatic nitrogens is 3. The van der Waals surface area contributed by atoms with Gasteiger partial charge in [0.25, 0.3) is 0 Å². The van der Waals surface area contributed by atoms with E-state index in [1.54, 1.807) is 0 Å². The van der Waals surface area contributed by atoms with E-state index < -0.39 is 0 Å². The van der Waals surface area contributed by atoms with Crippen molar-refractivity contribution in [2.24, 2.45) is 0 Å². The Labute approximate surface area is 152 Å². The molecular formula is C19H24N4OS. The molecule has 1 saturated heterocycles. The van der Waals surface area contributed by atoms with Crippen molar-refractivity contribution in [2.45, 2.75) is 56.1 Å². The summed E-state index contributed by atoms with van der Waals surface area (Å²) < 4.78 is 2.13. The van der Waals surface area contributed by atoms with E-state index in [1.165, 1.54) is 31.0 Å². The molecule has 0 bridgehead atoms. The van der Waals surface area contributed by atoms with Gasteiger partial charge in [-0.05, 0) is 51.2 Å². The van der Waals surface area contributed by atoms with E-state index in [4.69, 9.17) is 0 Å². The van der Waals surface area contributed by atoms with Crippen molar-refractivity contribution in [3.63, 3.8) is 0 Å². The molecule has 0 radical (unpaired) electrons. The predicted octanol–water partition coefficient (Wildman–Crippen LogP) is 3.64. The fraction of sp³-hybridized carbons (Fsp3) is 0.526. The third-order valence-electron chi connectivity index (χ3n) is 5.06. The fourth-order valence-electron chi connectivity index (χ4n) is 3.48. The zero-order chi connectivity index (χ0) is 17.2. The van der Waals surface area contributed by atoms with Crippen molar-refractivity contribution in [2.75, 3.05) is 12.3 Å². The SMILES string of the molecule is C[C@@H]1CCCCN1C(=O)CSc1nnc(C2CC2)n1-c1ccccc1. The van der Waals surface area contributed by atoms with Gasteiger partial charge in [-0.25, -0.2) is 0 Å². The summed E-state index contributed by atoms with van der Waals surface area (Å²) in [7, 11) is 0. The number of hydrogen-bond donors (Lipinski definition) is 0. The van der Waals surface area contributed by atoms with Crippen LogP contribution < -0.4 is 0 Å². The van der Waals surface area contributed by atoms with Gasteiger partial charge in [0.05, 0.1) is 5.75 Å². The van der Waals surface area contributed by atoms with Gasteiger partial charge in [0.2, 0.25) is 5.91 Å². The Balaban J connectivity index is 1.52. The smallest absolute Gasteiger partial charge is 0.233 e. The number of amides is 1. The number of para-hydroxylation sites is 1. The van der Waals surface area contributed by atoms with Crippen LogP contribution in [0.15, 0.2) is 35.5 Å². The zero-order valence-corrected chi connectivity index (χ0v) is 15.4. The van der Waals surface area contributed by atoms with Crippen LogP contribution in [0.5, 0.6) is 0 Å². The fourth-order valence-corrected chi connectivity index (χ4v) is 4.32.